The third-order valence-corrected chi connectivity index (χ3v) is 3.94. The molecule has 9 nitrogen and oxygen atoms in total. The van der Waals surface area contributed by atoms with Gasteiger partial charge in [-0.2, -0.15) is 4.68 Å². The molecule has 4 rings (SSSR count). The van der Waals surface area contributed by atoms with Gasteiger partial charge in [0.15, 0.2) is 0 Å². The highest BCUT2D eigenvalue weighted by Crippen LogP contribution is 2.25. The Labute approximate surface area is 150 Å². The van der Waals surface area contributed by atoms with Gasteiger partial charge in [-0.1, -0.05) is 28.8 Å². The van der Waals surface area contributed by atoms with E-state index in [1.807, 2.05) is 0 Å². The first-order valence-electron chi connectivity index (χ1n) is 7.29. The number of fused-ring (bicyclic) bond motifs is 1. The first-order chi connectivity index (χ1) is 12.6. The minimum atomic E-state index is -0.951. The first kappa shape index (κ1) is 15.9. The van der Waals surface area contributed by atoms with Crippen molar-refractivity contribution in [2.24, 2.45) is 0 Å². The van der Waals surface area contributed by atoms with E-state index in [9.17, 15) is 14.4 Å². The SMILES string of the molecule is O=C(ON1C(=O)c2ccccc2C1=O)c1cc(Cl)ccc1-n1cnnn1. The van der Waals surface area contributed by atoms with Gasteiger partial charge in [-0.25, -0.2) is 4.79 Å². The van der Waals surface area contributed by atoms with Gasteiger partial charge in [0.1, 0.15) is 6.33 Å². The van der Waals surface area contributed by atoms with Gasteiger partial charge < -0.3 is 4.84 Å². The molecule has 0 saturated heterocycles. The lowest BCUT2D eigenvalue weighted by Crippen LogP contribution is -2.33. The average Bonchev–Trinajstić information content (AvgIpc) is 3.26. The fraction of sp³-hybridized carbons (Fsp3) is 0. The molecule has 2 amide bonds. The lowest BCUT2D eigenvalue weighted by Gasteiger charge is -2.14. The van der Waals surface area contributed by atoms with Crippen molar-refractivity contribution >= 4 is 29.4 Å². The molecule has 0 saturated carbocycles. The number of nitrogens with zero attached hydrogens (tertiary/aromatic N) is 5. The van der Waals surface area contributed by atoms with Crippen LogP contribution >= 0.6 is 11.6 Å². The number of hydrogen-bond donors (Lipinski definition) is 0. The second-order valence-corrected chi connectivity index (χ2v) is 5.68. The lowest BCUT2D eigenvalue weighted by atomic mass is 10.1. The van der Waals surface area contributed by atoms with E-state index >= 15 is 0 Å². The zero-order chi connectivity index (χ0) is 18.3. The van der Waals surface area contributed by atoms with E-state index in [0.717, 1.165) is 0 Å². The number of amides is 2. The fourth-order valence-electron chi connectivity index (χ4n) is 2.53. The summed E-state index contributed by atoms with van der Waals surface area (Å²) < 4.78 is 1.23. The number of hydrogen-bond acceptors (Lipinski definition) is 7. The van der Waals surface area contributed by atoms with Gasteiger partial charge in [-0.3, -0.25) is 9.59 Å². The molecule has 0 spiro atoms. The molecule has 10 heteroatoms. The maximum atomic E-state index is 12.6. The number of imide groups is 1. The van der Waals surface area contributed by atoms with Crippen LogP contribution in [0.1, 0.15) is 31.1 Å². The second kappa shape index (κ2) is 6.05. The van der Waals surface area contributed by atoms with Crippen molar-refractivity contribution < 1.29 is 19.2 Å². The van der Waals surface area contributed by atoms with Gasteiger partial charge in [0, 0.05) is 5.02 Å². The molecule has 3 aromatic rings. The Bertz CT molecular complexity index is 1020. The van der Waals surface area contributed by atoms with Crippen LogP contribution in [-0.4, -0.2) is 43.1 Å². The molecular formula is C16H8ClN5O4. The number of halogens is 1. The molecule has 2 heterocycles. The number of benzene rings is 2. The van der Waals surface area contributed by atoms with E-state index in [4.69, 9.17) is 16.4 Å². The van der Waals surface area contributed by atoms with Gasteiger partial charge in [-0.15, -0.1) is 5.10 Å². The fourth-order valence-corrected chi connectivity index (χ4v) is 2.70. The van der Waals surface area contributed by atoms with Crippen molar-refractivity contribution in [3.05, 3.63) is 70.5 Å². The molecule has 1 aliphatic rings. The number of tetrazole rings is 1. The molecule has 0 N–H and O–H groups in total. The molecule has 1 aromatic heterocycles. The van der Waals surface area contributed by atoms with Crippen LogP contribution in [0.15, 0.2) is 48.8 Å². The standard InChI is InChI=1S/C16H8ClN5O4/c17-9-5-6-13(21-8-18-19-20-21)12(7-9)16(25)26-22-14(23)10-3-1-2-4-11(10)15(22)24/h1-8H. The Morgan fingerprint density at radius 2 is 1.73 bits per heavy atom. The molecule has 0 radical (unpaired) electrons. The highest BCUT2D eigenvalue weighted by molar-refractivity contribution is 6.31. The molecule has 1 aliphatic heterocycles. The Morgan fingerprint density at radius 3 is 2.35 bits per heavy atom. The van der Waals surface area contributed by atoms with E-state index < -0.39 is 17.8 Å². The summed E-state index contributed by atoms with van der Waals surface area (Å²) in [6.07, 6.45) is 1.28. The smallest absolute Gasteiger partial charge is 0.324 e. The molecule has 0 bridgehead atoms. The Hall–Kier alpha value is -3.59. The zero-order valence-electron chi connectivity index (χ0n) is 12.9. The van der Waals surface area contributed by atoms with Crippen LogP contribution in [0.5, 0.6) is 0 Å². The monoisotopic (exact) mass is 369 g/mol. The van der Waals surface area contributed by atoms with Crippen LogP contribution in [0.2, 0.25) is 5.02 Å². The third-order valence-electron chi connectivity index (χ3n) is 3.71. The highest BCUT2D eigenvalue weighted by atomic mass is 35.5. The molecule has 2 aromatic carbocycles. The Morgan fingerprint density at radius 1 is 1.04 bits per heavy atom. The maximum Gasteiger partial charge on any atom is 0.366 e. The van der Waals surface area contributed by atoms with Gasteiger partial charge in [0.25, 0.3) is 11.8 Å². The average molecular weight is 370 g/mol. The predicted molar refractivity (Wildman–Crippen MR) is 86.5 cm³/mol. The third kappa shape index (κ3) is 2.50. The van der Waals surface area contributed by atoms with Crippen LogP contribution in [0, 0.1) is 0 Å². The van der Waals surface area contributed by atoms with Crippen LogP contribution in [0.3, 0.4) is 0 Å². The maximum absolute atomic E-state index is 12.6. The minimum Gasteiger partial charge on any atom is -0.324 e. The summed E-state index contributed by atoms with van der Waals surface area (Å²) in [5.41, 5.74) is 0.594. The van der Waals surface area contributed by atoms with Crippen molar-refractivity contribution in [2.45, 2.75) is 0 Å². The summed E-state index contributed by atoms with van der Waals surface area (Å²) in [4.78, 5) is 42.3. The molecular weight excluding hydrogens is 362 g/mol. The number of carbonyl (C=O) groups is 3. The highest BCUT2D eigenvalue weighted by Gasteiger charge is 2.39. The topological polar surface area (TPSA) is 107 Å². The quantitative estimate of drug-likeness (QED) is 0.646. The van der Waals surface area contributed by atoms with Crippen molar-refractivity contribution in [1.82, 2.24) is 25.3 Å². The largest absolute Gasteiger partial charge is 0.366 e. The Balaban J connectivity index is 1.67. The summed E-state index contributed by atoms with van der Waals surface area (Å²) in [6, 6.07) is 10.6. The number of aromatic nitrogens is 4. The van der Waals surface area contributed by atoms with Gasteiger partial charge in [0.2, 0.25) is 0 Å². The lowest BCUT2D eigenvalue weighted by molar-refractivity contribution is -0.0584. The van der Waals surface area contributed by atoms with Crippen molar-refractivity contribution in [3.8, 4) is 5.69 Å². The van der Waals surface area contributed by atoms with Gasteiger partial charge >= 0.3 is 5.97 Å². The first-order valence-corrected chi connectivity index (χ1v) is 7.67. The summed E-state index contributed by atoms with van der Waals surface area (Å²) in [7, 11) is 0. The van der Waals surface area contributed by atoms with Crippen LogP contribution in [-0.2, 0) is 4.84 Å². The van der Waals surface area contributed by atoms with Gasteiger partial charge in [0.05, 0.1) is 22.4 Å². The van der Waals surface area contributed by atoms with Crippen LogP contribution < -0.4 is 0 Å². The molecule has 0 aliphatic carbocycles. The van der Waals surface area contributed by atoms with Crippen molar-refractivity contribution in [1.29, 1.82) is 0 Å². The Kier molecular flexibility index (Phi) is 3.70. The van der Waals surface area contributed by atoms with E-state index in [0.29, 0.717) is 5.06 Å². The molecule has 0 atom stereocenters. The molecule has 128 valence electrons. The summed E-state index contributed by atoms with van der Waals surface area (Å²) in [5.74, 6) is -2.39. The summed E-state index contributed by atoms with van der Waals surface area (Å²) >= 11 is 5.95. The molecule has 0 fully saturated rings. The van der Waals surface area contributed by atoms with Gasteiger partial charge in [-0.05, 0) is 40.8 Å². The molecule has 26 heavy (non-hydrogen) atoms. The number of hydroxylamine groups is 2. The van der Waals surface area contributed by atoms with E-state index in [1.54, 1.807) is 12.1 Å². The normalized spacial score (nSPS) is 13.0. The second-order valence-electron chi connectivity index (χ2n) is 5.24. The van der Waals surface area contributed by atoms with Crippen molar-refractivity contribution in [3.63, 3.8) is 0 Å². The summed E-state index contributed by atoms with van der Waals surface area (Å²) in [6.45, 7) is 0. The number of carbonyl (C=O) groups excluding carboxylic acids is 3. The zero-order valence-corrected chi connectivity index (χ0v) is 13.6. The van der Waals surface area contributed by atoms with E-state index in [-0.39, 0.29) is 27.4 Å². The van der Waals surface area contributed by atoms with Crippen LogP contribution in [0.25, 0.3) is 5.69 Å². The van der Waals surface area contributed by atoms with E-state index in [1.165, 1.54) is 41.3 Å². The minimum absolute atomic E-state index is 0.0126. The number of rotatable bonds is 3. The summed E-state index contributed by atoms with van der Waals surface area (Å²) in [5, 5.41) is 11.4. The van der Waals surface area contributed by atoms with Crippen LogP contribution in [0.4, 0.5) is 0 Å². The van der Waals surface area contributed by atoms with E-state index in [2.05, 4.69) is 15.5 Å². The molecule has 0 unspecified atom stereocenters. The van der Waals surface area contributed by atoms with Crippen molar-refractivity contribution in [2.75, 3.05) is 0 Å². The predicted octanol–water partition coefficient (Wildman–Crippen LogP) is 1.68.